The molecule has 1 atom stereocenters. The maximum absolute atomic E-state index is 12.8. The van der Waals surface area contributed by atoms with Gasteiger partial charge in [-0.2, -0.15) is 0 Å². The Balaban J connectivity index is 2.93. The van der Waals surface area contributed by atoms with Crippen LogP contribution in [0.25, 0.3) is 0 Å². The molecule has 0 bridgehead atoms. The van der Waals surface area contributed by atoms with E-state index in [-0.39, 0.29) is 12.0 Å². The third-order valence-electron chi connectivity index (χ3n) is 1.84. The first-order chi connectivity index (χ1) is 6.16. The largest absolute Gasteiger partial charge is 0.505 e. The van der Waals surface area contributed by atoms with Gasteiger partial charge in [-0.1, -0.05) is 12.1 Å². The quantitative estimate of drug-likeness (QED) is 0.759. The Hall–Kier alpha value is -1.16. The third-order valence-corrected chi connectivity index (χ3v) is 1.84. The van der Waals surface area contributed by atoms with Crippen LogP contribution in [-0.2, 0) is 0 Å². The first-order valence-corrected chi connectivity index (χ1v) is 3.95. The van der Waals surface area contributed by atoms with Crippen molar-refractivity contribution in [2.75, 3.05) is 6.67 Å². The molecule has 0 radical (unpaired) electrons. The predicted molar refractivity (Wildman–Crippen MR) is 45.6 cm³/mol. The molecule has 3 N–H and O–H groups in total. The maximum Gasteiger partial charge on any atom is 0.165 e. The maximum atomic E-state index is 12.8. The highest BCUT2D eigenvalue weighted by Crippen LogP contribution is 2.26. The van der Waals surface area contributed by atoms with Crippen molar-refractivity contribution in [1.82, 2.24) is 0 Å². The Morgan fingerprint density at radius 1 is 1.46 bits per heavy atom. The van der Waals surface area contributed by atoms with Gasteiger partial charge in [0.2, 0.25) is 0 Å². The molecule has 13 heavy (non-hydrogen) atoms. The predicted octanol–water partition coefficient (Wildman–Crippen LogP) is 1.89. The van der Waals surface area contributed by atoms with Crippen molar-refractivity contribution >= 4 is 0 Å². The fourth-order valence-electron chi connectivity index (χ4n) is 1.10. The molecule has 0 aliphatic carbocycles. The fourth-order valence-corrected chi connectivity index (χ4v) is 1.10. The van der Waals surface area contributed by atoms with Crippen LogP contribution >= 0.6 is 0 Å². The van der Waals surface area contributed by atoms with Crippen LogP contribution in [0.3, 0.4) is 0 Å². The molecule has 0 saturated carbocycles. The first kappa shape index (κ1) is 9.92. The zero-order valence-corrected chi connectivity index (χ0v) is 7.00. The Labute approximate surface area is 75.0 Å². The molecular weight excluding hydrogens is 176 g/mol. The lowest BCUT2D eigenvalue weighted by Gasteiger charge is -2.11. The topological polar surface area (TPSA) is 46.2 Å². The Kier molecular flexibility index (Phi) is 3.19. The number of benzene rings is 1. The number of nitrogens with two attached hydrogens (primary N) is 1. The summed E-state index contributed by atoms with van der Waals surface area (Å²) < 4.78 is 24.7. The van der Waals surface area contributed by atoms with Gasteiger partial charge in [-0.05, 0) is 12.5 Å². The molecule has 72 valence electrons. The van der Waals surface area contributed by atoms with Crippen molar-refractivity contribution in [2.24, 2.45) is 5.73 Å². The molecule has 0 saturated heterocycles. The van der Waals surface area contributed by atoms with Gasteiger partial charge in [-0.3, -0.25) is 4.39 Å². The van der Waals surface area contributed by atoms with Gasteiger partial charge in [0.1, 0.15) is 0 Å². The summed E-state index contributed by atoms with van der Waals surface area (Å²) in [6, 6.07) is 3.39. The van der Waals surface area contributed by atoms with Gasteiger partial charge in [0.25, 0.3) is 0 Å². The van der Waals surface area contributed by atoms with Gasteiger partial charge in [0.05, 0.1) is 6.67 Å². The molecule has 1 rings (SSSR count). The number of alkyl halides is 1. The zero-order valence-electron chi connectivity index (χ0n) is 7.00. The number of hydrogen-bond donors (Lipinski definition) is 2. The van der Waals surface area contributed by atoms with E-state index in [4.69, 9.17) is 5.73 Å². The van der Waals surface area contributed by atoms with E-state index in [0.717, 1.165) is 6.07 Å². The van der Waals surface area contributed by atoms with Crippen LogP contribution < -0.4 is 5.73 Å². The Morgan fingerprint density at radius 3 is 2.77 bits per heavy atom. The van der Waals surface area contributed by atoms with E-state index in [1.807, 2.05) is 0 Å². The van der Waals surface area contributed by atoms with Crippen molar-refractivity contribution in [3.8, 4) is 5.75 Å². The highest BCUT2D eigenvalue weighted by molar-refractivity contribution is 5.35. The molecule has 0 aliphatic rings. The third kappa shape index (κ3) is 2.15. The summed E-state index contributed by atoms with van der Waals surface area (Å²) in [5, 5.41) is 9.22. The van der Waals surface area contributed by atoms with Crippen LogP contribution in [0, 0.1) is 5.82 Å². The smallest absolute Gasteiger partial charge is 0.165 e. The fraction of sp³-hybridized carbons (Fsp3) is 0.333. The first-order valence-electron chi connectivity index (χ1n) is 3.95. The average Bonchev–Trinajstić information content (AvgIpc) is 2.10. The number of aromatic hydroxyl groups is 1. The SMILES string of the molecule is N[C@H](CCF)c1cccc(F)c1O. The molecule has 4 heteroatoms. The average molecular weight is 187 g/mol. The molecule has 1 aromatic rings. The van der Waals surface area contributed by atoms with Crippen LogP contribution in [0.5, 0.6) is 5.75 Å². The summed E-state index contributed by atoms with van der Waals surface area (Å²) in [5.74, 6) is -1.21. The second-order valence-corrected chi connectivity index (χ2v) is 2.76. The minimum Gasteiger partial charge on any atom is -0.505 e. The molecule has 0 heterocycles. The van der Waals surface area contributed by atoms with Crippen LogP contribution in [-0.4, -0.2) is 11.8 Å². The van der Waals surface area contributed by atoms with Crippen molar-refractivity contribution in [2.45, 2.75) is 12.5 Å². The lowest BCUT2D eigenvalue weighted by atomic mass is 10.0. The van der Waals surface area contributed by atoms with E-state index in [0.29, 0.717) is 0 Å². The van der Waals surface area contributed by atoms with Gasteiger partial charge in [0, 0.05) is 11.6 Å². The Bertz CT molecular complexity index is 291. The summed E-state index contributed by atoms with van der Waals surface area (Å²) >= 11 is 0. The molecule has 0 aliphatic heterocycles. The van der Waals surface area contributed by atoms with E-state index >= 15 is 0 Å². The molecule has 1 aromatic carbocycles. The number of phenolic OH excluding ortho intramolecular Hbond substituents is 1. The number of halogens is 2. The van der Waals surface area contributed by atoms with E-state index in [1.54, 1.807) is 0 Å². The molecular formula is C9H11F2NO. The molecule has 0 fully saturated rings. The van der Waals surface area contributed by atoms with Gasteiger partial charge >= 0.3 is 0 Å². The number of phenols is 1. The van der Waals surface area contributed by atoms with Crippen LogP contribution in [0.4, 0.5) is 8.78 Å². The summed E-state index contributed by atoms with van der Waals surface area (Å²) in [6.07, 6.45) is 0.0804. The van der Waals surface area contributed by atoms with Gasteiger partial charge in [-0.25, -0.2) is 4.39 Å². The van der Waals surface area contributed by atoms with Gasteiger partial charge in [-0.15, -0.1) is 0 Å². The number of rotatable bonds is 3. The molecule has 0 spiro atoms. The lowest BCUT2D eigenvalue weighted by Crippen LogP contribution is -2.11. The highest BCUT2D eigenvalue weighted by Gasteiger charge is 2.13. The van der Waals surface area contributed by atoms with Crippen molar-refractivity contribution < 1.29 is 13.9 Å². The van der Waals surface area contributed by atoms with Gasteiger partial charge in [0.15, 0.2) is 11.6 Å². The Morgan fingerprint density at radius 2 is 2.15 bits per heavy atom. The minimum atomic E-state index is -0.730. The summed E-state index contributed by atoms with van der Waals surface area (Å²) in [7, 11) is 0. The molecule has 0 amide bonds. The number of para-hydroxylation sites is 1. The second-order valence-electron chi connectivity index (χ2n) is 2.76. The normalized spacial score (nSPS) is 12.8. The summed E-state index contributed by atoms with van der Waals surface area (Å²) in [4.78, 5) is 0. The van der Waals surface area contributed by atoms with E-state index in [1.165, 1.54) is 12.1 Å². The van der Waals surface area contributed by atoms with E-state index in [2.05, 4.69) is 0 Å². The molecule has 0 unspecified atom stereocenters. The highest BCUT2D eigenvalue weighted by atomic mass is 19.1. The van der Waals surface area contributed by atoms with Crippen LogP contribution in [0.2, 0.25) is 0 Å². The lowest BCUT2D eigenvalue weighted by molar-refractivity contribution is 0.404. The van der Waals surface area contributed by atoms with Crippen molar-refractivity contribution in [3.05, 3.63) is 29.6 Å². The van der Waals surface area contributed by atoms with E-state index in [9.17, 15) is 13.9 Å². The van der Waals surface area contributed by atoms with Crippen molar-refractivity contribution in [1.29, 1.82) is 0 Å². The van der Waals surface area contributed by atoms with Crippen LogP contribution in [0.1, 0.15) is 18.0 Å². The molecule has 0 aromatic heterocycles. The zero-order chi connectivity index (χ0) is 9.84. The van der Waals surface area contributed by atoms with E-state index < -0.39 is 24.3 Å². The minimum absolute atomic E-state index is 0.0804. The second kappa shape index (κ2) is 4.18. The standard InChI is InChI=1S/C9H11F2NO/c10-5-4-8(12)6-2-1-3-7(11)9(6)13/h1-3,8,13H,4-5,12H2/t8-/m1/s1. The van der Waals surface area contributed by atoms with Crippen molar-refractivity contribution in [3.63, 3.8) is 0 Å². The summed E-state index contributed by atoms with van der Waals surface area (Å²) in [5.41, 5.74) is 5.76. The summed E-state index contributed by atoms with van der Waals surface area (Å²) in [6.45, 7) is -0.586. The van der Waals surface area contributed by atoms with Crippen LogP contribution in [0.15, 0.2) is 18.2 Å². The van der Waals surface area contributed by atoms with Gasteiger partial charge < -0.3 is 10.8 Å². The molecule has 2 nitrogen and oxygen atoms in total. The number of hydrogen-bond acceptors (Lipinski definition) is 2. The monoisotopic (exact) mass is 187 g/mol.